The number of piperazine rings is 1. The lowest BCUT2D eigenvalue weighted by atomic mass is 9.88. The van der Waals surface area contributed by atoms with Gasteiger partial charge in [0.2, 0.25) is 5.91 Å². The quantitative estimate of drug-likeness (QED) is 0.279. The highest BCUT2D eigenvalue weighted by molar-refractivity contribution is 6.30. The largest absolute Gasteiger partial charge is 0.493 e. The van der Waals surface area contributed by atoms with Crippen LogP contribution in [0.25, 0.3) is 0 Å². The molecular weight excluding hydrogens is 619 g/mol. The zero-order chi connectivity index (χ0) is 33.2. The van der Waals surface area contributed by atoms with Gasteiger partial charge >= 0.3 is 6.09 Å². The minimum Gasteiger partial charge on any atom is -0.493 e. The number of hydrogen-bond acceptors (Lipinski definition) is 5. The Bertz CT molecular complexity index is 1580. The van der Waals surface area contributed by atoms with Crippen LogP contribution in [0.3, 0.4) is 0 Å². The molecule has 5 rings (SSSR count). The summed E-state index contributed by atoms with van der Waals surface area (Å²) in [5, 5.41) is 12.8. The van der Waals surface area contributed by atoms with Crippen LogP contribution in [-0.4, -0.2) is 90.3 Å². The van der Waals surface area contributed by atoms with E-state index in [1.165, 1.54) is 6.07 Å². The minimum absolute atomic E-state index is 0.0986. The minimum atomic E-state index is -1.20. The maximum atomic E-state index is 14.6. The van der Waals surface area contributed by atoms with Crippen molar-refractivity contribution in [2.24, 2.45) is 5.92 Å². The molecule has 248 valence electrons. The lowest BCUT2D eigenvalue weighted by Gasteiger charge is -2.40. The van der Waals surface area contributed by atoms with E-state index < -0.39 is 12.1 Å². The molecular formula is C37H42ClFN4O4. The molecule has 0 saturated carbocycles. The number of carboxylic acid groups (broad SMARTS) is 1. The number of halogens is 2. The highest BCUT2D eigenvalue weighted by Crippen LogP contribution is 2.26. The van der Waals surface area contributed by atoms with Gasteiger partial charge in [-0.2, -0.15) is 0 Å². The summed E-state index contributed by atoms with van der Waals surface area (Å²) in [4.78, 5) is 31.6. The third-order valence-corrected chi connectivity index (χ3v) is 9.21. The Morgan fingerprint density at radius 3 is 2.43 bits per heavy atom. The van der Waals surface area contributed by atoms with Crippen LogP contribution in [0.1, 0.15) is 42.0 Å². The maximum absolute atomic E-state index is 14.6. The zero-order valence-corrected chi connectivity index (χ0v) is 27.5. The van der Waals surface area contributed by atoms with Crippen LogP contribution >= 0.6 is 11.6 Å². The third kappa shape index (κ3) is 9.48. The molecule has 2 aliphatic rings. The van der Waals surface area contributed by atoms with Gasteiger partial charge < -0.3 is 25.0 Å². The SMILES string of the molecule is CCOc1cccc(F)c1CN1CCN(C(=O)C(NC(=O)O)C2CCN(CCc3cc(Cl)ccc3C#Cc3ccccc3)CC2)CC1. The molecule has 2 saturated heterocycles. The van der Waals surface area contributed by atoms with Crippen LogP contribution in [0.2, 0.25) is 5.02 Å². The lowest BCUT2D eigenvalue weighted by molar-refractivity contribution is -0.137. The van der Waals surface area contributed by atoms with E-state index in [0.29, 0.717) is 68.5 Å². The molecule has 1 atom stereocenters. The van der Waals surface area contributed by atoms with E-state index in [9.17, 15) is 19.1 Å². The van der Waals surface area contributed by atoms with Gasteiger partial charge in [0.25, 0.3) is 0 Å². The van der Waals surface area contributed by atoms with Crippen LogP contribution in [0.15, 0.2) is 66.7 Å². The van der Waals surface area contributed by atoms with Crippen molar-refractivity contribution in [1.82, 2.24) is 20.0 Å². The van der Waals surface area contributed by atoms with Gasteiger partial charge in [-0.15, -0.1) is 0 Å². The average molecular weight is 661 g/mol. The Hall–Kier alpha value is -4.10. The van der Waals surface area contributed by atoms with Crippen molar-refractivity contribution >= 4 is 23.6 Å². The van der Waals surface area contributed by atoms with Crippen LogP contribution in [0.5, 0.6) is 5.75 Å². The number of likely N-dealkylation sites (tertiary alicyclic amines) is 1. The first-order chi connectivity index (χ1) is 22.8. The van der Waals surface area contributed by atoms with Gasteiger partial charge in [0.15, 0.2) is 0 Å². The molecule has 3 aromatic carbocycles. The first kappa shape index (κ1) is 34.2. The van der Waals surface area contributed by atoms with E-state index in [-0.39, 0.29) is 17.6 Å². The van der Waals surface area contributed by atoms with Gasteiger partial charge in [0, 0.05) is 61.0 Å². The van der Waals surface area contributed by atoms with Crippen LogP contribution in [0.4, 0.5) is 9.18 Å². The summed E-state index contributed by atoms with van der Waals surface area (Å²) in [5.74, 6) is 6.47. The lowest BCUT2D eigenvalue weighted by Crippen LogP contribution is -2.58. The van der Waals surface area contributed by atoms with Crippen LogP contribution in [0, 0.1) is 23.6 Å². The standard InChI is InChI=1S/C37H42ClFN4O4/c1-2-47-34-10-6-9-33(39)32(34)26-42-21-23-43(24-22-42)36(44)35(40-37(45)46)29-15-18-41(19-16-29)20-17-30-25-31(38)14-13-28(30)12-11-27-7-4-3-5-8-27/h3-10,13-14,25,29,35,40H,2,15-24,26H2,1H3,(H,45,46). The van der Waals surface area contributed by atoms with Gasteiger partial charge in [-0.3, -0.25) is 9.69 Å². The van der Waals surface area contributed by atoms with E-state index in [1.54, 1.807) is 17.0 Å². The summed E-state index contributed by atoms with van der Waals surface area (Å²) >= 11 is 6.34. The van der Waals surface area contributed by atoms with Crippen molar-refractivity contribution in [1.29, 1.82) is 0 Å². The van der Waals surface area contributed by atoms with Crippen LogP contribution in [-0.2, 0) is 17.8 Å². The van der Waals surface area contributed by atoms with Crippen molar-refractivity contribution in [3.63, 3.8) is 0 Å². The number of hydrogen-bond donors (Lipinski definition) is 2. The van der Waals surface area contributed by atoms with E-state index in [0.717, 1.165) is 42.7 Å². The van der Waals surface area contributed by atoms with Gasteiger partial charge in [0.05, 0.1) is 6.61 Å². The van der Waals surface area contributed by atoms with Crippen LogP contribution < -0.4 is 10.1 Å². The van der Waals surface area contributed by atoms with Gasteiger partial charge in [-0.05, 0) is 93.2 Å². The number of piperidine rings is 1. The van der Waals surface area contributed by atoms with Crippen molar-refractivity contribution in [2.75, 3.05) is 52.4 Å². The molecule has 3 aromatic rings. The molecule has 0 aliphatic carbocycles. The number of rotatable bonds is 10. The monoisotopic (exact) mass is 660 g/mol. The molecule has 1 unspecified atom stereocenters. The molecule has 2 heterocycles. The summed E-state index contributed by atoms with van der Waals surface area (Å²) in [6.07, 6.45) is 1.00. The Morgan fingerprint density at radius 1 is 0.979 bits per heavy atom. The van der Waals surface area contributed by atoms with Crippen molar-refractivity contribution < 1.29 is 23.8 Å². The second-order valence-corrected chi connectivity index (χ2v) is 12.5. The highest BCUT2D eigenvalue weighted by atomic mass is 35.5. The topological polar surface area (TPSA) is 85.3 Å². The smallest absolute Gasteiger partial charge is 0.405 e. The fourth-order valence-corrected chi connectivity index (χ4v) is 6.58. The van der Waals surface area contributed by atoms with Crippen molar-refractivity contribution in [2.45, 2.75) is 38.8 Å². The van der Waals surface area contributed by atoms with E-state index in [1.807, 2.05) is 55.5 Å². The number of carbonyl (C=O) groups excluding carboxylic acids is 1. The second-order valence-electron chi connectivity index (χ2n) is 12.0. The third-order valence-electron chi connectivity index (χ3n) is 8.97. The fourth-order valence-electron chi connectivity index (χ4n) is 6.38. The molecule has 0 bridgehead atoms. The molecule has 10 heteroatoms. The molecule has 2 aliphatic heterocycles. The van der Waals surface area contributed by atoms with E-state index in [4.69, 9.17) is 16.3 Å². The molecule has 2 N–H and O–H groups in total. The molecule has 0 spiro atoms. The Balaban J connectivity index is 1.14. The Kier molecular flexibility index (Phi) is 12.1. The molecule has 2 amide bonds. The number of ether oxygens (including phenoxy) is 1. The maximum Gasteiger partial charge on any atom is 0.405 e. The Labute approximate surface area is 281 Å². The molecule has 0 radical (unpaired) electrons. The highest BCUT2D eigenvalue weighted by Gasteiger charge is 2.36. The molecule has 0 aromatic heterocycles. The predicted octanol–water partition coefficient (Wildman–Crippen LogP) is 5.51. The summed E-state index contributed by atoms with van der Waals surface area (Å²) in [6, 6.07) is 19.7. The predicted molar refractivity (Wildman–Crippen MR) is 181 cm³/mol. The summed E-state index contributed by atoms with van der Waals surface area (Å²) in [7, 11) is 0. The zero-order valence-electron chi connectivity index (χ0n) is 26.8. The van der Waals surface area contributed by atoms with Crippen molar-refractivity contribution in [3.05, 3.63) is 99.8 Å². The first-order valence-electron chi connectivity index (χ1n) is 16.3. The normalized spacial score (nSPS) is 16.6. The molecule has 2 fully saturated rings. The molecule has 47 heavy (non-hydrogen) atoms. The average Bonchev–Trinajstić information content (AvgIpc) is 3.08. The number of amides is 2. The van der Waals surface area contributed by atoms with Gasteiger partial charge in [0.1, 0.15) is 17.6 Å². The van der Waals surface area contributed by atoms with E-state index >= 15 is 0 Å². The number of carbonyl (C=O) groups is 2. The number of nitrogens with one attached hydrogen (secondary N) is 1. The Morgan fingerprint density at radius 2 is 1.72 bits per heavy atom. The number of benzene rings is 3. The van der Waals surface area contributed by atoms with Gasteiger partial charge in [-0.25, -0.2) is 9.18 Å². The summed E-state index contributed by atoms with van der Waals surface area (Å²) in [6.45, 7) is 7.05. The number of nitrogens with zero attached hydrogens (tertiary/aromatic N) is 3. The second kappa shape index (κ2) is 16.6. The first-order valence-corrected chi connectivity index (χ1v) is 16.7. The molecule has 8 nitrogen and oxygen atoms in total. The van der Waals surface area contributed by atoms with E-state index in [2.05, 4.69) is 27.0 Å². The van der Waals surface area contributed by atoms with Crippen molar-refractivity contribution in [3.8, 4) is 17.6 Å². The summed E-state index contributed by atoms with van der Waals surface area (Å²) < 4.78 is 20.2. The summed E-state index contributed by atoms with van der Waals surface area (Å²) in [5.41, 5.74) is 3.51. The fraction of sp³-hybridized carbons (Fsp3) is 0.405. The van der Waals surface area contributed by atoms with Gasteiger partial charge in [-0.1, -0.05) is 47.7 Å².